The Morgan fingerprint density at radius 3 is 2.44 bits per heavy atom. The summed E-state index contributed by atoms with van der Waals surface area (Å²) in [5, 5.41) is 0. The van der Waals surface area contributed by atoms with Crippen molar-refractivity contribution in [2.24, 2.45) is 23.5 Å². The Hall–Kier alpha value is -0.570. The second-order valence-electron chi connectivity index (χ2n) is 6.37. The van der Waals surface area contributed by atoms with Crippen LogP contribution in [0.4, 0.5) is 0 Å². The molecule has 0 aromatic rings. The van der Waals surface area contributed by atoms with Crippen molar-refractivity contribution in [3.8, 4) is 0 Å². The van der Waals surface area contributed by atoms with Gasteiger partial charge in [-0.25, -0.2) is 0 Å². The molecule has 0 aromatic carbocycles. The largest absolute Gasteiger partial charge is 0.339 e. The molecular formula is C15H28N2O. The lowest BCUT2D eigenvalue weighted by Crippen LogP contribution is -2.45. The third-order valence-electron chi connectivity index (χ3n) is 4.90. The molecule has 1 aliphatic heterocycles. The fourth-order valence-electron chi connectivity index (χ4n) is 3.77. The van der Waals surface area contributed by atoms with Crippen LogP contribution in [0, 0.1) is 17.8 Å². The molecule has 1 heterocycles. The molecule has 2 N–H and O–H groups in total. The molecule has 0 radical (unpaired) electrons. The summed E-state index contributed by atoms with van der Waals surface area (Å²) < 4.78 is 0. The van der Waals surface area contributed by atoms with Crippen molar-refractivity contribution in [1.29, 1.82) is 0 Å². The molecule has 1 saturated carbocycles. The quantitative estimate of drug-likeness (QED) is 0.835. The number of carbonyl (C=O) groups is 1. The average Bonchev–Trinajstić information content (AvgIpc) is 3.00. The Bertz CT molecular complexity index is 284. The summed E-state index contributed by atoms with van der Waals surface area (Å²) in [5.41, 5.74) is 5.79. The fourth-order valence-corrected chi connectivity index (χ4v) is 3.77. The summed E-state index contributed by atoms with van der Waals surface area (Å²) in [4.78, 5) is 14.8. The summed E-state index contributed by atoms with van der Waals surface area (Å²) in [5.74, 6) is 1.46. The zero-order valence-electron chi connectivity index (χ0n) is 11.9. The topological polar surface area (TPSA) is 46.3 Å². The number of hydrogen-bond donors (Lipinski definition) is 1. The van der Waals surface area contributed by atoms with Crippen molar-refractivity contribution in [2.45, 2.75) is 58.4 Å². The molecular weight excluding hydrogens is 224 g/mol. The monoisotopic (exact) mass is 252 g/mol. The fraction of sp³-hybridized carbons (Fsp3) is 0.933. The Morgan fingerprint density at radius 2 is 1.89 bits per heavy atom. The molecule has 104 valence electrons. The normalized spacial score (nSPS) is 27.1. The maximum Gasteiger partial charge on any atom is 0.227 e. The zero-order valence-corrected chi connectivity index (χ0v) is 11.9. The van der Waals surface area contributed by atoms with Crippen LogP contribution in [-0.2, 0) is 4.79 Å². The van der Waals surface area contributed by atoms with Crippen LogP contribution in [0.3, 0.4) is 0 Å². The van der Waals surface area contributed by atoms with Crippen molar-refractivity contribution in [2.75, 3.05) is 13.1 Å². The molecule has 1 saturated heterocycles. The zero-order chi connectivity index (χ0) is 13.1. The van der Waals surface area contributed by atoms with E-state index in [4.69, 9.17) is 5.73 Å². The first-order valence-electron chi connectivity index (χ1n) is 7.65. The van der Waals surface area contributed by atoms with E-state index in [-0.39, 0.29) is 5.92 Å². The standard InChI is InChI=1S/C15H28N2O/c1-11(2)13(10-16)15(18)17-9-5-8-14(17)12-6-3-4-7-12/h11-14H,3-10,16H2,1-2H3. The summed E-state index contributed by atoms with van der Waals surface area (Å²) in [7, 11) is 0. The maximum atomic E-state index is 12.6. The highest BCUT2D eigenvalue weighted by molar-refractivity contribution is 5.80. The number of amides is 1. The summed E-state index contributed by atoms with van der Waals surface area (Å²) in [6, 6.07) is 0.521. The Kier molecular flexibility index (Phi) is 4.66. The van der Waals surface area contributed by atoms with Crippen molar-refractivity contribution in [1.82, 2.24) is 4.90 Å². The van der Waals surface area contributed by atoms with Crippen LogP contribution >= 0.6 is 0 Å². The molecule has 2 aliphatic rings. The highest BCUT2D eigenvalue weighted by Crippen LogP contribution is 2.36. The Balaban J connectivity index is 2.03. The van der Waals surface area contributed by atoms with Gasteiger partial charge in [0.1, 0.15) is 0 Å². The molecule has 18 heavy (non-hydrogen) atoms. The van der Waals surface area contributed by atoms with Gasteiger partial charge in [0.05, 0.1) is 5.92 Å². The van der Waals surface area contributed by atoms with E-state index in [1.807, 2.05) is 0 Å². The molecule has 2 fully saturated rings. The maximum absolute atomic E-state index is 12.6. The van der Waals surface area contributed by atoms with E-state index >= 15 is 0 Å². The Morgan fingerprint density at radius 1 is 1.22 bits per heavy atom. The van der Waals surface area contributed by atoms with E-state index in [1.54, 1.807) is 0 Å². The number of rotatable bonds is 4. The molecule has 2 unspecified atom stereocenters. The first-order valence-corrected chi connectivity index (χ1v) is 7.65. The Labute approximate surface area is 111 Å². The lowest BCUT2D eigenvalue weighted by Gasteiger charge is -2.33. The minimum atomic E-state index is 0.0204. The van der Waals surface area contributed by atoms with Crippen molar-refractivity contribution >= 4 is 5.91 Å². The van der Waals surface area contributed by atoms with Crippen molar-refractivity contribution < 1.29 is 4.79 Å². The van der Waals surface area contributed by atoms with Crippen LogP contribution in [0.2, 0.25) is 0 Å². The molecule has 1 amide bonds. The number of likely N-dealkylation sites (tertiary alicyclic amines) is 1. The number of nitrogens with zero attached hydrogens (tertiary/aromatic N) is 1. The summed E-state index contributed by atoms with van der Waals surface area (Å²) in [6.45, 7) is 5.67. The first-order chi connectivity index (χ1) is 8.65. The molecule has 0 aromatic heterocycles. The smallest absolute Gasteiger partial charge is 0.227 e. The lowest BCUT2D eigenvalue weighted by atomic mass is 9.91. The van der Waals surface area contributed by atoms with Crippen LogP contribution in [0.5, 0.6) is 0 Å². The second kappa shape index (κ2) is 6.05. The number of carbonyl (C=O) groups excluding carboxylic acids is 1. The second-order valence-corrected chi connectivity index (χ2v) is 6.37. The average molecular weight is 252 g/mol. The minimum Gasteiger partial charge on any atom is -0.339 e. The highest BCUT2D eigenvalue weighted by Gasteiger charge is 2.38. The van der Waals surface area contributed by atoms with Gasteiger partial charge < -0.3 is 10.6 Å². The van der Waals surface area contributed by atoms with Gasteiger partial charge in [0.25, 0.3) is 0 Å². The van der Waals surface area contributed by atoms with Gasteiger partial charge >= 0.3 is 0 Å². The van der Waals surface area contributed by atoms with Gasteiger partial charge in [0, 0.05) is 19.1 Å². The third-order valence-corrected chi connectivity index (χ3v) is 4.90. The van der Waals surface area contributed by atoms with E-state index in [0.717, 1.165) is 12.5 Å². The minimum absolute atomic E-state index is 0.0204. The van der Waals surface area contributed by atoms with E-state index in [0.29, 0.717) is 24.4 Å². The molecule has 3 heteroatoms. The van der Waals surface area contributed by atoms with Crippen LogP contribution in [0.25, 0.3) is 0 Å². The molecule has 0 bridgehead atoms. The number of hydrogen-bond acceptors (Lipinski definition) is 2. The van der Waals surface area contributed by atoms with Crippen molar-refractivity contribution in [3.63, 3.8) is 0 Å². The van der Waals surface area contributed by atoms with Crippen LogP contribution in [-0.4, -0.2) is 29.9 Å². The van der Waals surface area contributed by atoms with E-state index < -0.39 is 0 Å². The lowest BCUT2D eigenvalue weighted by molar-refractivity contribution is -0.138. The van der Waals surface area contributed by atoms with E-state index in [2.05, 4.69) is 18.7 Å². The van der Waals surface area contributed by atoms with Crippen LogP contribution in [0.15, 0.2) is 0 Å². The predicted octanol–water partition coefficient (Wildman–Crippen LogP) is 2.40. The van der Waals surface area contributed by atoms with E-state index in [9.17, 15) is 4.79 Å². The van der Waals surface area contributed by atoms with Gasteiger partial charge in [-0.05, 0) is 37.5 Å². The SMILES string of the molecule is CC(C)C(CN)C(=O)N1CCCC1C1CCCC1. The molecule has 0 spiro atoms. The van der Waals surface area contributed by atoms with Gasteiger partial charge in [-0.15, -0.1) is 0 Å². The van der Waals surface area contributed by atoms with Crippen LogP contribution < -0.4 is 5.73 Å². The van der Waals surface area contributed by atoms with E-state index in [1.165, 1.54) is 38.5 Å². The van der Waals surface area contributed by atoms with Gasteiger partial charge in [-0.3, -0.25) is 4.79 Å². The number of nitrogens with two attached hydrogens (primary N) is 1. The molecule has 2 atom stereocenters. The van der Waals surface area contributed by atoms with Gasteiger partial charge in [-0.2, -0.15) is 0 Å². The predicted molar refractivity (Wildman–Crippen MR) is 74.1 cm³/mol. The van der Waals surface area contributed by atoms with Crippen LogP contribution in [0.1, 0.15) is 52.4 Å². The van der Waals surface area contributed by atoms with Crippen molar-refractivity contribution in [3.05, 3.63) is 0 Å². The molecule has 3 nitrogen and oxygen atoms in total. The van der Waals surface area contributed by atoms with Gasteiger partial charge in [0.15, 0.2) is 0 Å². The first kappa shape index (κ1) is 13.9. The van der Waals surface area contributed by atoms with Gasteiger partial charge in [0.2, 0.25) is 5.91 Å². The molecule has 2 rings (SSSR count). The van der Waals surface area contributed by atoms with Gasteiger partial charge in [-0.1, -0.05) is 26.7 Å². The molecule has 1 aliphatic carbocycles. The third kappa shape index (κ3) is 2.71. The summed E-state index contributed by atoms with van der Waals surface area (Å²) >= 11 is 0. The summed E-state index contributed by atoms with van der Waals surface area (Å²) in [6.07, 6.45) is 7.75. The highest BCUT2D eigenvalue weighted by atomic mass is 16.2.